The van der Waals surface area contributed by atoms with Crippen LogP contribution < -0.4 is 10.2 Å². The van der Waals surface area contributed by atoms with Crippen LogP contribution in [0.2, 0.25) is 0 Å². The first-order valence-electron chi connectivity index (χ1n) is 10.4. The first kappa shape index (κ1) is 22.3. The molecule has 1 N–H and O–H groups in total. The quantitative estimate of drug-likeness (QED) is 0.288. The van der Waals surface area contributed by atoms with Gasteiger partial charge in [0.25, 0.3) is 0 Å². The number of guanidine groups is 1. The lowest BCUT2D eigenvalue weighted by molar-refractivity contribution is 0.0529. The summed E-state index contributed by atoms with van der Waals surface area (Å²) in [6, 6.07) is 4.89. The predicted octanol–water partition coefficient (Wildman–Crippen LogP) is 1.95. The average Bonchev–Trinajstić information content (AvgIpc) is 3.41. The van der Waals surface area contributed by atoms with Crippen LogP contribution in [0.4, 0.5) is 5.82 Å². The van der Waals surface area contributed by atoms with E-state index in [0.717, 1.165) is 64.2 Å². The third kappa shape index (κ3) is 5.61. The topological polar surface area (TPSA) is 56.2 Å². The van der Waals surface area contributed by atoms with Crippen molar-refractivity contribution in [1.29, 1.82) is 0 Å². The zero-order valence-electron chi connectivity index (χ0n) is 17.5. The summed E-state index contributed by atoms with van der Waals surface area (Å²) in [7, 11) is 1.88. The number of morpholine rings is 1. The second-order valence-electron chi connectivity index (χ2n) is 7.86. The van der Waals surface area contributed by atoms with Crippen molar-refractivity contribution >= 4 is 35.8 Å². The molecular weight excluding hydrogens is 479 g/mol. The van der Waals surface area contributed by atoms with Crippen LogP contribution in [0.3, 0.4) is 0 Å². The van der Waals surface area contributed by atoms with Gasteiger partial charge in [0, 0.05) is 65.1 Å². The maximum Gasteiger partial charge on any atom is 0.193 e. The number of ether oxygens (including phenoxy) is 1. The lowest BCUT2D eigenvalue weighted by Crippen LogP contribution is -2.42. The van der Waals surface area contributed by atoms with E-state index in [1.54, 1.807) is 0 Å². The van der Waals surface area contributed by atoms with Gasteiger partial charge in [-0.15, -0.1) is 24.0 Å². The highest BCUT2D eigenvalue weighted by atomic mass is 127. The van der Waals surface area contributed by atoms with E-state index < -0.39 is 0 Å². The predicted molar refractivity (Wildman–Crippen MR) is 128 cm³/mol. The molecule has 3 aliphatic rings. The summed E-state index contributed by atoms with van der Waals surface area (Å²) >= 11 is 0. The lowest BCUT2D eigenvalue weighted by Gasteiger charge is -2.32. The molecular formula is C21H33IN6O. The van der Waals surface area contributed by atoms with Crippen LogP contribution in [0.1, 0.15) is 18.9 Å². The molecule has 4 rings (SSSR count). The van der Waals surface area contributed by atoms with Gasteiger partial charge < -0.3 is 19.9 Å². The fourth-order valence-electron chi connectivity index (χ4n) is 4.31. The minimum atomic E-state index is 0. The Morgan fingerprint density at radius 2 is 2.10 bits per heavy atom. The Kier molecular flexibility index (Phi) is 8.14. The van der Waals surface area contributed by atoms with Gasteiger partial charge in [0.1, 0.15) is 5.82 Å². The van der Waals surface area contributed by atoms with Crippen LogP contribution in [0.25, 0.3) is 0 Å². The molecule has 0 radical (unpaired) electrons. The lowest BCUT2D eigenvalue weighted by atomic mass is 10.2. The smallest absolute Gasteiger partial charge is 0.193 e. The first-order chi connectivity index (χ1) is 13.7. The molecule has 3 aliphatic heterocycles. The number of anilines is 1. The molecule has 4 heterocycles. The fourth-order valence-corrected chi connectivity index (χ4v) is 4.31. The van der Waals surface area contributed by atoms with E-state index in [0.29, 0.717) is 6.04 Å². The van der Waals surface area contributed by atoms with Crippen LogP contribution in [0.15, 0.2) is 35.5 Å². The van der Waals surface area contributed by atoms with Crippen molar-refractivity contribution in [2.45, 2.75) is 32.0 Å². The molecule has 0 spiro atoms. The van der Waals surface area contributed by atoms with Gasteiger partial charge in [0.05, 0.1) is 12.7 Å². The Morgan fingerprint density at radius 1 is 1.28 bits per heavy atom. The second-order valence-corrected chi connectivity index (χ2v) is 7.86. The summed E-state index contributed by atoms with van der Waals surface area (Å²) in [5, 5.41) is 3.55. The van der Waals surface area contributed by atoms with Crippen molar-refractivity contribution in [3.05, 3.63) is 36.0 Å². The van der Waals surface area contributed by atoms with Crippen LogP contribution >= 0.6 is 24.0 Å². The van der Waals surface area contributed by atoms with Gasteiger partial charge in [-0.1, -0.05) is 12.2 Å². The normalized spacial score (nSPS) is 25.4. The van der Waals surface area contributed by atoms with Gasteiger partial charge in [0.2, 0.25) is 0 Å². The summed E-state index contributed by atoms with van der Waals surface area (Å²) < 4.78 is 5.65. The molecule has 7 nitrogen and oxygen atoms in total. The van der Waals surface area contributed by atoms with E-state index in [1.807, 2.05) is 13.2 Å². The van der Waals surface area contributed by atoms with E-state index in [1.165, 1.54) is 12.0 Å². The fraction of sp³-hybridized carbons (Fsp3) is 0.619. The van der Waals surface area contributed by atoms with Crippen molar-refractivity contribution in [3.8, 4) is 0 Å². The Bertz CT molecular complexity index is 719. The van der Waals surface area contributed by atoms with Crippen molar-refractivity contribution in [2.24, 2.45) is 4.99 Å². The molecule has 1 aromatic rings. The standard InChI is InChI=1S/C21H32N6O.HI/c1-17-15-26(11-12-28-17)20-13-18(5-7-23-20)14-24-21(22-2)27-10-6-19(16-27)25-8-3-4-9-25;/h3-5,7,13,17,19H,6,8-12,14-16H2,1-2H3,(H,22,24);1H. The number of aliphatic imine (C=N–C) groups is 1. The number of pyridine rings is 1. The summed E-state index contributed by atoms with van der Waals surface area (Å²) in [5.74, 6) is 2.03. The summed E-state index contributed by atoms with van der Waals surface area (Å²) in [5.41, 5.74) is 1.23. The number of aromatic nitrogens is 1. The zero-order chi connectivity index (χ0) is 19.3. The van der Waals surface area contributed by atoms with E-state index >= 15 is 0 Å². The van der Waals surface area contributed by atoms with Gasteiger partial charge >= 0.3 is 0 Å². The average molecular weight is 512 g/mol. The minimum absolute atomic E-state index is 0. The van der Waals surface area contributed by atoms with E-state index in [2.05, 4.69) is 61.2 Å². The van der Waals surface area contributed by atoms with Crippen LogP contribution in [0, 0.1) is 0 Å². The van der Waals surface area contributed by atoms with Gasteiger partial charge in [-0.3, -0.25) is 9.89 Å². The minimum Gasteiger partial charge on any atom is -0.375 e. The van der Waals surface area contributed by atoms with E-state index in [4.69, 9.17) is 4.74 Å². The first-order valence-corrected chi connectivity index (χ1v) is 10.4. The Morgan fingerprint density at radius 3 is 2.86 bits per heavy atom. The molecule has 0 saturated carbocycles. The largest absolute Gasteiger partial charge is 0.375 e. The van der Waals surface area contributed by atoms with Crippen LogP contribution in [0.5, 0.6) is 0 Å². The maximum absolute atomic E-state index is 5.65. The van der Waals surface area contributed by atoms with Crippen molar-refractivity contribution in [2.75, 3.05) is 57.8 Å². The number of rotatable bonds is 4. The molecule has 0 aromatic carbocycles. The van der Waals surface area contributed by atoms with Crippen molar-refractivity contribution in [3.63, 3.8) is 0 Å². The number of hydrogen-bond donors (Lipinski definition) is 1. The van der Waals surface area contributed by atoms with Crippen LogP contribution in [-0.4, -0.2) is 85.8 Å². The number of likely N-dealkylation sites (tertiary alicyclic amines) is 1. The molecule has 2 saturated heterocycles. The van der Waals surface area contributed by atoms with E-state index in [9.17, 15) is 0 Å². The molecule has 2 unspecified atom stereocenters. The Balaban J connectivity index is 0.00000240. The highest BCUT2D eigenvalue weighted by Gasteiger charge is 2.29. The van der Waals surface area contributed by atoms with Crippen molar-refractivity contribution < 1.29 is 4.74 Å². The van der Waals surface area contributed by atoms with Gasteiger partial charge in [-0.25, -0.2) is 4.98 Å². The number of nitrogens with one attached hydrogen (secondary N) is 1. The summed E-state index contributed by atoms with van der Waals surface area (Å²) in [4.78, 5) is 16.3. The summed E-state index contributed by atoms with van der Waals surface area (Å²) in [6.07, 6.45) is 7.90. The summed E-state index contributed by atoms with van der Waals surface area (Å²) in [6.45, 7) is 9.72. The molecule has 0 bridgehead atoms. The molecule has 29 heavy (non-hydrogen) atoms. The van der Waals surface area contributed by atoms with E-state index in [-0.39, 0.29) is 30.1 Å². The Hall–Kier alpha value is -1.39. The highest BCUT2D eigenvalue weighted by Crippen LogP contribution is 2.19. The Labute approximate surface area is 191 Å². The number of hydrogen-bond acceptors (Lipinski definition) is 5. The maximum atomic E-state index is 5.65. The molecule has 2 atom stereocenters. The number of nitrogens with zero attached hydrogens (tertiary/aromatic N) is 5. The van der Waals surface area contributed by atoms with Gasteiger partial charge in [0.15, 0.2) is 5.96 Å². The van der Waals surface area contributed by atoms with Crippen LogP contribution in [-0.2, 0) is 11.3 Å². The molecule has 2 fully saturated rings. The molecule has 160 valence electrons. The van der Waals surface area contributed by atoms with Crippen molar-refractivity contribution in [1.82, 2.24) is 20.1 Å². The third-order valence-corrected chi connectivity index (χ3v) is 5.86. The number of halogens is 1. The molecule has 0 aliphatic carbocycles. The monoisotopic (exact) mass is 512 g/mol. The van der Waals surface area contributed by atoms with Gasteiger partial charge in [-0.05, 0) is 31.0 Å². The second kappa shape index (κ2) is 10.6. The molecule has 8 heteroatoms. The SMILES string of the molecule is CN=C(NCc1ccnc(N2CCOC(C)C2)c1)N1CCC(N2CC=CC2)C1.I. The molecule has 0 amide bonds. The molecule has 1 aromatic heterocycles. The highest BCUT2D eigenvalue weighted by molar-refractivity contribution is 14.0. The van der Waals surface area contributed by atoms with Gasteiger partial charge in [-0.2, -0.15) is 0 Å². The zero-order valence-corrected chi connectivity index (χ0v) is 19.8. The third-order valence-electron chi connectivity index (χ3n) is 5.86.